The standard InChI is InChI=1S/C18H23FN2O5/c1-18(2,3)26-17(22)20-11-4-5-12(20)9-14(8-11)25-16-7-6-13(21(23)24)10-15(16)19/h6-7,10-12,14H,4-5,8-9H2,1-3H3/t11-,12+,14+. The lowest BCUT2D eigenvalue weighted by molar-refractivity contribution is -0.385. The van der Waals surface area contributed by atoms with Crippen molar-refractivity contribution in [1.82, 2.24) is 4.90 Å². The highest BCUT2D eigenvalue weighted by Gasteiger charge is 2.45. The van der Waals surface area contributed by atoms with E-state index in [2.05, 4.69) is 0 Å². The molecule has 0 aromatic heterocycles. The number of hydrogen-bond acceptors (Lipinski definition) is 5. The predicted octanol–water partition coefficient (Wildman–Crippen LogP) is 4.04. The van der Waals surface area contributed by atoms with Gasteiger partial charge in [-0.25, -0.2) is 9.18 Å². The lowest BCUT2D eigenvalue weighted by Crippen LogP contribution is -2.50. The fourth-order valence-corrected chi connectivity index (χ4v) is 3.71. The van der Waals surface area contributed by atoms with Crippen LogP contribution in [-0.2, 0) is 4.74 Å². The minimum Gasteiger partial charge on any atom is -0.487 e. The molecule has 1 aromatic carbocycles. The molecule has 3 atom stereocenters. The number of nitrogens with zero attached hydrogens (tertiary/aromatic N) is 2. The molecule has 2 bridgehead atoms. The van der Waals surface area contributed by atoms with Crippen molar-refractivity contribution in [2.75, 3.05) is 0 Å². The minimum absolute atomic E-state index is 0.00529. The highest BCUT2D eigenvalue weighted by molar-refractivity contribution is 5.69. The number of nitro groups is 1. The smallest absolute Gasteiger partial charge is 0.410 e. The third kappa shape index (κ3) is 3.89. The van der Waals surface area contributed by atoms with Gasteiger partial charge in [-0.15, -0.1) is 0 Å². The zero-order valence-corrected chi connectivity index (χ0v) is 15.1. The first-order valence-electron chi connectivity index (χ1n) is 8.76. The maximum absolute atomic E-state index is 14.1. The Balaban J connectivity index is 1.66. The van der Waals surface area contributed by atoms with E-state index in [0.29, 0.717) is 12.8 Å². The summed E-state index contributed by atoms with van der Waals surface area (Å²) in [6, 6.07) is 3.39. The van der Waals surface area contributed by atoms with Gasteiger partial charge in [0.05, 0.1) is 11.0 Å². The topological polar surface area (TPSA) is 81.9 Å². The van der Waals surface area contributed by atoms with Gasteiger partial charge < -0.3 is 14.4 Å². The zero-order valence-electron chi connectivity index (χ0n) is 15.1. The highest BCUT2D eigenvalue weighted by Crippen LogP contribution is 2.38. The summed E-state index contributed by atoms with van der Waals surface area (Å²) in [5.41, 5.74) is -0.860. The Morgan fingerprint density at radius 1 is 1.27 bits per heavy atom. The fourth-order valence-electron chi connectivity index (χ4n) is 3.71. The largest absolute Gasteiger partial charge is 0.487 e. The second-order valence-electron chi connectivity index (χ2n) is 7.86. The third-order valence-electron chi connectivity index (χ3n) is 4.71. The van der Waals surface area contributed by atoms with Gasteiger partial charge in [0.25, 0.3) is 5.69 Å². The van der Waals surface area contributed by atoms with Crippen molar-refractivity contribution in [1.29, 1.82) is 0 Å². The molecule has 2 fully saturated rings. The molecule has 2 saturated heterocycles. The molecule has 142 valence electrons. The van der Waals surface area contributed by atoms with Gasteiger partial charge >= 0.3 is 6.09 Å². The van der Waals surface area contributed by atoms with Crippen molar-refractivity contribution in [2.45, 2.75) is 70.2 Å². The Kier molecular flexibility index (Phi) is 4.77. The number of carbonyl (C=O) groups excluding carboxylic acids is 1. The van der Waals surface area contributed by atoms with E-state index in [1.165, 1.54) is 12.1 Å². The average molecular weight is 366 g/mol. The zero-order chi connectivity index (χ0) is 19.1. The van der Waals surface area contributed by atoms with Crippen molar-refractivity contribution in [3.63, 3.8) is 0 Å². The van der Waals surface area contributed by atoms with Gasteiger partial charge in [-0.2, -0.15) is 0 Å². The average Bonchev–Trinajstić information content (AvgIpc) is 2.79. The minimum atomic E-state index is -0.749. The molecule has 0 unspecified atom stereocenters. The molecule has 7 nitrogen and oxygen atoms in total. The van der Waals surface area contributed by atoms with Gasteiger partial charge in [0.1, 0.15) is 11.7 Å². The molecule has 0 aliphatic carbocycles. The number of hydrogen-bond donors (Lipinski definition) is 0. The maximum Gasteiger partial charge on any atom is 0.410 e. The molecule has 0 N–H and O–H groups in total. The van der Waals surface area contributed by atoms with Crippen molar-refractivity contribution in [3.8, 4) is 5.75 Å². The van der Waals surface area contributed by atoms with E-state index in [9.17, 15) is 19.3 Å². The number of amides is 1. The molecule has 3 rings (SSSR count). The number of halogens is 1. The summed E-state index contributed by atoms with van der Waals surface area (Å²) in [6.45, 7) is 5.50. The first-order chi connectivity index (χ1) is 12.1. The van der Waals surface area contributed by atoms with E-state index in [0.717, 1.165) is 18.9 Å². The van der Waals surface area contributed by atoms with Crippen LogP contribution >= 0.6 is 0 Å². The van der Waals surface area contributed by atoms with Crippen LogP contribution in [0, 0.1) is 15.9 Å². The molecule has 2 heterocycles. The van der Waals surface area contributed by atoms with Crippen LogP contribution in [0.4, 0.5) is 14.9 Å². The summed E-state index contributed by atoms with van der Waals surface area (Å²) in [4.78, 5) is 24.3. The van der Waals surface area contributed by atoms with Crippen molar-refractivity contribution >= 4 is 11.8 Å². The summed E-state index contributed by atoms with van der Waals surface area (Å²) in [7, 11) is 0. The van der Waals surface area contributed by atoms with Crippen molar-refractivity contribution in [2.24, 2.45) is 0 Å². The molecule has 26 heavy (non-hydrogen) atoms. The fraction of sp³-hybridized carbons (Fsp3) is 0.611. The summed E-state index contributed by atoms with van der Waals surface area (Å²) in [5, 5.41) is 10.7. The highest BCUT2D eigenvalue weighted by atomic mass is 19.1. The van der Waals surface area contributed by atoms with E-state index in [-0.39, 0.29) is 35.7 Å². The van der Waals surface area contributed by atoms with Crippen LogP contribution in [-0.4, -0.2) is 39.7 Å². The Bertz CT molecular complexity index is 704. The number of ether oxygens (including phenoxy) is 2. The van der Waals surface area contributed by atoms with Crippen LogP contribution in [0.5, 0.6) is 5.75 Å². The number of fused-ring (bicyclic) bond motifs is 2. The SMILES string of the molecule is CC(C)(C)OC(=O)N1[C@@H]2CC[C@H]1C[C@@H](Oc1ccc([N+](=O)[O-])cc1F)C2. The Morgan fingerprint density at radius 3 is 2.38 bits per heavy atom. The second kappa shape index (κ2) is 6.74. The number of benzene rings is 1. The van der Waals surface area contributed by atoms with E-state index in [1.54, 1.807) is 4.90 Å². The molecule has 1 aromatic rings. The molecule has 0 spiro atoms. The maximum atomic E-state index is 14.1. The Hall–Kier alpha value is -2.38. The Morgan fingerprint density at radius 2 is 1.88 bits per heavy atom. The van der Waals surface area contributed by atoms with Crippen LogP contribution in [0.2, 0.25) is 0 Å². The molecule has 0 radical (unpaired) electrons. The first-order valence-corrected chi connectivity index (χ1v) is 8.76. The van der Waals surface area contributed by atoms with Gasteiger partial charge in [-0.3, -0.25) is 10.1 Å². The molecular weight excluding hydrogens is 343 g/mol. The van der Waals surface area contributed by atoms with Crippen LogP contribution in [0.3, 0.4) is 0 Å². The van der Waals surface area contributed by atoms with Crippen LogP contribution in [0.15, 0.2) is 18.2 Å². The molecular formula is C18H23FN2O5. The van der Waals surface area contributed by atoms with Crippen molar-refractivity contribution < 1.29 is 23.6 Å². The number of carbonyl (C=O) groups is 1. The van der Waals surface area contributed by atoms with Crippen LogP contribution in [0.1, 0.15) is 46.5 Å². The molecule has 0 saturated carbocycles. The third-order valence-corrected chi connectivity index (χ3v) is 4.71. The van der Waals surface area contributed by atoms with Crippen molar-refractivity contribution in [3.05, 3.63) is 34.1 Å². The van der Waals surface area contributed by atoms with Gasteiger partial charge in [0.15, 0.2) is 11.6 Å². The van der Waals surface area contributed by atoms with Crippen LogP contribution in [0.25, 0.3) is 0 Å². The second-order valence-corrected chi connectivity index (χ2v) is 7.86. The number of piperidine rings is 1. The molecule has 1 amide bonds. The van der Waals surface area contributed by atoms with Gasteiger partial charge in [-0.1, -0.05) is 0 Å². The summed E-state index contributed by atoms with van der Waals surface area (Å²) >= 11 is 0. The lowest BCUT2D eigenvalue weighted by atomic mass is 10.00. The van der Waals surface area contributed by atoms with Gasteiger partial charge in [0.2, 0.25) is 0 Å². The molecule has 8 heteroatoms. The van der Waals surface area contributed by atoms with E-state index in [4.69, 9.17) is 9.47 Å². The van der Waals surface area contributed by atoms with Gasteiger partial charge in [0, 0.05) is 31.0 Å². The summed E-state index contributed by atoms with van der Waals surface area (Å²) in [5.74, 6) is -0.744. The van der Waals surface area contributed by atoms with E-state index >= 15 is 0 Å². The summed E-state index contributed by atoms with van der Waals surface area (Å²) in [6.07, 6.45) is 2.37. The Labute approximate surface area is 151 Å². The predicted molar refractivity (Wildman–Crippen MR) is 91.6 cm³/mol. The number of nitro benzene ring substituents is 1. The normalized spacial score (nSPS) is 25.1. The van der Waals surface area contributed by atoms with Crippen LogP contribution < -0.4 is 4.74 Å². The van der Waals surface area contributed by atoms with E-state index < -0.39 is 16.3 Å². The summed E-state index contributed by atoms with van der Waals surface area (Å²) < 4.78 is 25.3. The van der Waals surface area contributed by atoms with E-state index in [1.807, 2.05) is 20.8 Å². The monoisotopic (exact) mass is 366 g/mol. The first kappa shape index (κ1) is 18.4. The number of rotatable bonds is 3. The molecule has 2 aliphatic heterocycles. The molecule has 2 aliphatic rings. The van der Waals surface area contributed by atoms with Gasteiger partial charge in [-0.05, 0) is 39.7 Å². The number of non-ortho nitro benzene ring substituents is 1. The quantitative estimate of drug-likeness (QED) is 0.595. The lowest BCUT2D eigenvalue weighted by Gasteiger charge is -2.39.